The fourth-order valence-electron chi connectivity index (χ4n) is 2.96. The molecule has 1 aromatic carbocycles. The third kappa shape index (κ3) is 5.09. The Kier molecular flexibility index (Phi) is 6.64. The molecule has 1 heterocycles. The average molecular weight is 348 g/mol. The van der Waals surface area contributed by atoms with Crippen molar-refractivity contribution < 1.29 is 14.3 Å². The number of carbonyl (C=O) groups excluding carboxylic acids is 2. The second-order valence-electron chi connectivity index (χ2n) is 6.22. The molecule has 2 amide bonds. The highest BCUT2D eigenvalue weighted by Crippen LogP contribution is 2.28. The smallest absolute Gasteiger partial charge is 0.244 e. The lowest BCUT2D eigenvalue weighted by Gasteiger charge is -2.35. The summed E-state index contributed by atoms with van der Waals surface area (Å²) in [6.45, 7) is 9.79. The van der Waals surface area contributed by atoms with Crippen LogP contribution in [-0.2, 0) is 9.59 Å². The SMILES string of the molecule is CCN1CCN(C(=O)[C@@H](C)Nc2cc(NC(C)=O)ccc2OC)CC1. The van der Waals surface area contributed by atoms with Crippen molar-refractivity contribution in [3.63, 3.8) is 0 Å². The van der Waals surface area contributed by atoms with Crippen molar-refractivity contribution in [3.8, 4) is 5.75 Å². The van der Waals surface area contributed by atoms with E-state index in [1.165, 1.54) is 6.92 Å². The summed E-state index contributed by atoms with van der Waals surface area (Å²) in [5.74, 6) is 0.557. The molecule has 0 aromatic heterocycles. The Hall–Kier alpha value is -2.28. The number of benzene rings is 1. The first kappa shape index (κ1) is 19.1. The molecular weight excluding hydrogens is 320 g/mol. The highest BCUT2D eigenvalue weighted by molar-refractivity contribution is 5.90. The third-order valence-electron chi connectivity index (χ3n) is 4.39. The first-order valence-corrected chi connectivity index (χ1v) is 8.68. The minimum absolute atomic E-state index is 0.0720. The van der Waals surface area contributed by atoms with Gasteiger partial charge in [0.05, 0.1) is 12.8 Å². The number of anilines is 2. The molecule has 7 nitrogen and oxygen atoms in total. The summed E-state index contributed by atoms with van der Waals surface area (Å²) in [6, 6.07) is 4.93. The van der Waals surface area contributed by atoms with Crippen LogP contribution >= 0.6 is 0 Å². The summed E-state index contributed by atoms with van der Waals surface area (Å²) in [5, 5.41) is 5.95. The van der Waals surface area contributed by atoms with Crippen LogP contribution in [0.3, 0.4) is 0 Å². The second kappa shape index (κ2) is 8.71. The first-order valence-electron chi connectivity index (χ1n) is 8.68. The number of rotatable bonds is 6. The van der Waals surface area contributed by atoms with Gasteiger partial charge in [-0.25, -0.2) is 0 Å². The largest absolute Gasteiger partial charge is 0.495 e. The molecule has 2 N–H and O–H groups in total. The monoisotopic (exact) mass is 348 g/mol. The van der Waals surface area contributed by atoms with E-state index < -0.39 is 0 Å². The van der Waals surface area contributed by atoms with E-state index >= 15 is 0 Å². The lowest BCUT2D eigenvalue weighted by atomic mass is 10.2. The van der Waals surface area contributed by atoms with E-state index in [-0.39, 0.29) is 17.9 Å². The normalized spacial score (nSPS) is 16.2. The molecule has 138 valence electrons. The Labute approximate surface area is 149 Å². The number of methoxy groups -OCH3 is 1. The van der Waals surface area contributed by atoms with Gasteiger partial charge in [-0.05, 0) is 31.7 Å². The number of nitrogens with one attached hydrogen (secondary N) is 2. The molecule has 1 saturated heterocycles. The molecule has 7 heteroatoms. The van der Waals surface area contributed by atoms with E-state index in [0.717, 1.165) is 32.7 Å². The molecule has 0 saturated carbocycles. The van der Waals surface area contributed by atoms with Crippen molar-refractivity contribution in [1.29, 1.82) is 0 Å². The van der Waals surface area contributed by atoms with Crippen LogP contribution < -0.4 is 15.4 Å². The molecule has 25 heavy (non-hydrogen) atoms. The van der Waals surface area contributed by atoms with Crippen molar-refractivity contribution in [2.24, 2.45) is 0 Å². The Balaban J connectivity index is 2.04. The van der Waals surface area contributed by atoms with Gasteiger partial charge >= 0.3 is 0 Å². The predicted molar refractivity (Wildman–Crippen MR) is 99.1 cm³/mol. The topological polar surface area (TPSA) is 73.9 Å². The zero-order valence-electron chi connectivity index (χ0n) is 15.5. The molecule has 2 rings (SSSR count). The Morgan fingerprint density at radius 3 is 2.48 bits per heavy atom. The molecule has 0 aliphatic carbocycles. The summed E-state index contributed by atoms with van der Waals surface area (Å²) < 4.78 is 5.35. The Morgan fingerprint density at radius 2 is 1.92 bits per heavy atom. The number of carbonyl (C=O) groups is 2. The highest BCUT2D eigenvalue weighted by Gasteiger charge is 2.25. The summed E-state index contributed by atoms with van der Waals surface area (Å²) in [5.41, 5.74) is 1.34. The van der Waals surface area contributed by atoms with Crippen LogP contribution in [0.1, 0.15) is 20.8 Å². The van der Waals surface area contributed by atoms with Gasteiger partial charge in [-0.3, -0.25) is 9.59 Å². The summed E-state index contributed by atoms with van der Waals surface area (Å²) in [6.07, 6.45) is 0. The van der Waals surface area contributed by atoms with Crippen LogP contribution in [-0.4, -0.2) is 67.5 Å². The van der Waals surface area contributed by atoms with Gasteiger partial charge in [-0.15, -0.1) is 0 Å². The number of amides is 2. The second-order valence-corrected chi connectivity index (χ2v) is 6.22. The molecule has 1 atom stereocenters. The molecular formula is C18H28N4O3. The van der Waals surface area contributed by atoms with Crippen LogP contribution in [0.4, 0.5) is 11.4 Å². The van der Waals surface area contributed by atoms with E-state index in [1.54, 1.807) is 25.3 Å². The van der Waals surface area contributed by atoms with Crippen molar-refractivity contribution in [2.45, 2.75) is 26.8 Å². The van der Waals surface area contributed by atoms with E-state index in [9.17, 15) is 9.59 Å². The Bertz CT molecular complexity index is 612. The molecule has 0 unspecified atom stereocenters. The van der Waals surface area contributed by atoms with Crippen LogP contribution in [0.15, 0.2) is 18.2 Å². The number of ether oxygens (including phenoxy) is 1. The number of hydrogen-bond acceptors (Lipinski definition) is 5. The fourth-order valence-corrected chi connectivity index (χ4v) is 2.96. The molecule has 1 aromatic rings. The number of hydrogen-bond donors (Lipinski definition) is 2. The van der Waals surface area contributed by atoms with E-state index in [4.69, 9.17) is 4.74 Å². The minimum atomic E-state index is -0.380. The minimum Gasteiger partial charge on any atom is -0.495 e. The molecule has 0 radical (unpaired) electrons. The maximum Gasteiger partial charge on any atom is 0.244 e. The molecule has 0 bridgehead atoms. The fraction of sp³-hybridized carbons (Fsp3) is 0.556. The number of nitrogens with zero attached hydrogens (tertiary/aromatic N) is 2. The van der Waals surface area contributed by atoms with Gasteiger partial charge in [0.25, 0.3) is 0 Å². The maximum absolute atomic E-state index is 12.7. The van der Waals surface area contributed by atoms with Gasteiger partial charge in [0.15, 0.2) is 0 Å². The van der Waals surface area contributed by atoms with Crippen LogP contribution in [0, 0.1) is 0 Å². The van der Waals surface area contributed by atoms with E-state index in [1.807, 2.05) is 11.8 Å². The summed E-state index contributed by atoms with van der Waals surface area (Å²) in [4.78, 5) is 28.2. The number of piperazine rings is 1. The van der Waals surface area contributed by atoms with Crippen LogP contribution in [0.2, 0.25) is 0 Å². The van der Waals surface area contributed by atoms with Crippen molar-refractivity contribution in [2.75, 3.05) is 50.5 Å². The standard InChI is InChI=1S/C18H28N4O3/c1-5-21-8-10-22(11-9-21)18(24)13(2)19-16-12-15(20-14(3)23)6-7-17(16)25-4/h6-7,12-13,19H,5,8-11H2,1-4H3,(H,20,23)/t13-/m1/s1. The lowest BCUT2D eigenvalue weighted by molar-refractivity contribution is -0.133. The quantitative estimate of drug-likeness (QED) is 0.817. The lowest BCUT2D eigenvalue weighted by Crippen LogP contribution is -2.52. The van der Waals surface area contributed by atoms with E-state index in [0.29, 0.717) is 17.1 Å². The van der Waals surface area contributed by atoms with Gasteiger partial charge in [-0.2, -0.15) is 0 Å². The van der Waals surface area contributed by atoms with Crippen LogP contribution in [0.25, 0.3) is 0 Å². The Morgan fingerprint density at radius 1 is 1.24 bits per heavy atom. The van der Waals surface area contributed by atoms with Gasteiger partial charge in [0, 0.05) is 38.8 Å². The van der Waals surface area contributed by atoms with Crippen molar-refractivity contribution in [1.82, 2.24) is 9.80 Å². The van der Waals surface area contributed by atoms with Gasteiger partial charge < -0.3 is 25.2 Å². The van der Waals surface area contributed by atoms with E-state index in [2.05, 4.69) is 22.5 Å². The zero-order chi connectivity index (χ0) is 18.4. The highest BCUT2D eigenvalue weighted by atomic mass is 16.5. The predicted octanol–water partition coefficient (Wildman–Crippen LogP) is 1.62. The third-order valence-corrected chi connectivity index (χ3v) is 4.39. The zero-order valence-corrected chi connectivity index (χ0v) is 15.5. The van der Waals surface area contributed by atoms with Gasteiger partial charge in [0.2, 0.25) is 11.8 Å². The van der Waals surface area contributed by atoms with Gasteiger partial charge in [0.1, 0.15) is 11.8 Å². The molecule has 0 spiro atoms. The van der Waals surface area contributed by atoms with Crippen molar-refractivity contribution >= 4 is 23.2 Å². The summed E-state index contributed by atoms with van der Waals surface area (Å²) in [7, 11) is 1.58. The van der Waals surface area contributed by atoms with Crippen LogP contribution in [0.5, 0.6) is 5.75 Å². The molecule has 1 aliphatic heterocycles. The van der Waals surface area contributed by atoms with Crippen molar-refractivity contribution in [3.05, 3.63) is 18.2 Å². The molecule has 1 aliphatic rings. The molecule has 1 fully saturated rings. The number of likely N-dealkylation sites (N-methyl/N-ethyl adjacent to an activating group) is 1. The van der Waals surface area contributed by atoms with Gasteiger partial charge in [-0.1, -0.05) is 6.92 Å². The first-order chi connectivity index (χ1) is 11.9. The average Bonchev–Trinajstić information content (AvgIpc) is 2.61. The summed E-state index contributed by atoms with van der Waals surface area (Å²) >= 11 is 0. The maximum atomic E-state index is 12.7.